The van der Waals surface area contributed by atoms with Crippen LogP contribution >= 0.6 is 11.3 Å². The fourth-order valence-electron chi connectivity index (χ4n) is 6.59. The maximum atomic E-state index is 11.7. The van der Waals surface area contributed by atoms with E-state index in [-0.39, 0.29) is 54.3 Å². The van der Waals surface area contributed by atoms with Crippen LogP contribution in [0.5, 0.6) is 0 Å². The molecule has 0 fully saturated rings. The Morgan fingerprint density at radius 1 is 0.882 bits per heavy atom. The number of nitrogens with zero attached hydrogens (tertiary/aromatic N) is 3. The third-order valence-corrected chi connectivity index (χ3v) is 10.3. The molecule has 3 aromatic carbocycles. The van der Waals surface area contributed by atoms with Gasteiger partial charge in [-0.05, 0) is 61.0 Å². The Kier molecular flexibility index (Phi) is 14.7. The van der Waals surface area contributed by atoms with E-state index in [0.29, 0.717) is 5.56 Å². The van der Waals surface area contributed by atoms with Crippen molar-refractivity contribution in [1.29, 1.82) is 5.26 Å². The van der Waals surface area contributed by atoms with Gasteiger partial charge >= 0.3 is 0 Å². The summed E-state index contributed by atoms with van der Waals surface area (Å²) in [5, 5.41) is 22.5. The van der Waals surface area contributed by atoms with E-state index in [2.05, 4.69) is 89.0 Å². The normalized spacial score (nSPS) is 12.3. The zero-order chi connectivity index (χ0) is 36.8. The van der Waals surface area contributed by atoms with E-state index >= 15 is 0 Å². The average Bonchev–Trinajstić information content (AvgIpc) is 3.42. The molecule has 0 saturated carbocycles. The molecule has 0 saturated heterocycles. The molecule has 0 spiro atoms. The first-order chi connectivity index (χ1) is 23.6. The maximum Gasteiger partial charge on any atom is 0.162 e. The number of benzene rings is 3. The zero-order valence-electron chi connectivity index (χ0n) is 32.0. The number of ketones is 1. The number of nitriles is 1. The van der Waals surface area contributed by atoms with Crippen molar-refractivity contribution in [3.8, 4) is 17.3 Å². The quantitative estimate of drug-likeness (QED) is 0.0858. The van der Waals surface area contributed by atoms with Crippen molar-refractivity contribution in [2.75, 3.05) is 0 Å². The summed E-state index contributed by atoms with van der Waals surface area (Å²) >= 11 is 1.76. The van der Waals surface area contributed by atoms with Crippen LogP contribution in [0.4, 0.5) is 0 Å². The molecule has 0 aliphatic rings. The molecule has 7 heteroatoms. The summed E-state index contributed by atoms with van der Waals surface area (Å²) in [7, 11) is 0. The molecule has 0 aliphatic carbocycles. The smallest absolute Gasteiger partial charge is 0.162 e. The number of carbonyl (C=O) groups is 1. The summed E-state index contributed by atoms with van der Waals surface area (Å²) in [5.74, 6) is 0.547. The van der Waals surface area contributed by atoms with E-state index in [0.717, 1.165) is 70.8 Å². The number of carbonyl (C=O) groups excluding carboxylic acids is 1. The fourth-order valence-corrected chi connectivity index (χ4v) is 7.81. The first-order valence-electron chi connectivity index (χ1n) is 18.1. The monoisotopic (exact) mass is 881 g/mol. The Hall–Kier alpha value is -3.43. The maximum absolute atomic E-state index is 11.7. The molecule has 0 aliphatic heterocycles. The van der Waals surface area contributed by atoms with E-state index in [1.165, 1.54) is 27.3 Å². The topological polar surface area (TPSA) is 86.9 Å². The summed E-state index contributed by atoms with van der Waals surface area (Å²) < 4.78 is 2.33. The van der Waals surface area contributed by atoms with Crippen LogP contribution in [0.3, 0.4) is 0 Å². The second kappa shape index (κ2) is 17.9. The van der Waals surface area contributed by atoms with Gasteiger partial charge in [-0.25, -0.2) is 4.98 Å². The van der Waals surface area contributed by atoms with Crippen LogP contribution in [0, 0.1) is 40.1 Å². The Labute approximate surface area is 323 Å². The predicted octanol–water partition coefficient (Wildman–Crippen LogP) is 12.4. The molecule has 273 valence electrons. The summed E-state index contributed by atoms with van der Waals surface area (Å²) in [5.41, 5.74) is 6.48. The van der Waals surface area contributed by atoms with E-state index in [1.54, 1.807) is 17.7 Å². The van der Waals surface area contributed by atoms with Crippen molar-refractivity contribution in [3.63, 3.8) is 0 Å². The Morgan fingerprint density at radius 3 is 2.10 bits per heavy atom. The van der Waals surface area contributed by atoms with Crippen LogP contribution in [0.15, 0.2) is 60.6 Å². The second-order valence-electron chi connectivity index (χ2n) is 15.9. The number of hydrogen-bond acceptors (Lipinski definition) is 6. The number of fused-ring (bicyclic) bond motifs is 4. The number of aromatic nitrogens is 2. The Balaban J connectivity index is 0.000000374. The standard InChI is InChI=1S/C31H30N3S.C13H24O2.Ir/c1-30(2,3)15-19-7-10-25-26(12-19)35-29-27(33-18-34-28(25)29)22-13-21-11-20(17-32)8-9-24(21)23(14-22)16-31(4,5)6;1-5-10(6-2)12(14)9-13(15)11(7-3)8-4;/h7-12,14,18H,15-16H2,1-6H3;9-11,14H,5-8H2,1-4H3;/q-1;;/b;12-9-;. The van der Waals surface area contributed by atoms with Crippen molar-refractivity contribution in [3.05, 3.63) is 83.4 Å². The Bertz CT molecular complexity index is 2030. The molecular weight excluding hydrogens is 827 g/mol. The number of aliphatic hydroxyl groups is 1. The molecule has 0 unspecified atom stereocenters. The van der Waals surface area contributed by atoms with Crippen LogP contribution in [0.2, 0.25) is 0 Å². The van der Waals surface area contributed by atoms with Crippen LogP contribution < -0.4 is 0 Å². The van der Waals surface area contributed by atoms with Gasteiger partial charge in [0.1, 0.15) is 6.33 Å². The van der Waals surface area contributed by atoms with Gasteiger partial charge in [0.15, 0.2) is 5.78 Å². The summed E-state index contributed by atoms with van der Waals surface area (Å²) in [6.45, 7) is 21.6. The predicted molar refractivity (Wildman–Crippen MR) is 212 cm³/mol. The number of thiophene rings is 1. The van der Waals surface area contributed by atoms with Gasteiger partial charge in [0.2, 0.25) is 0 Å². The number of hydrogen-bond donors (Lipinski definition) is 1. The molecule has 0 atom stereocenters. The molecule has 5 nitrogen and oxygen atoms in total. The minimum atomic E-state index is 0. The van der Waals surface area contributed by atoms with Crippen molar-refractivity contribution in [2.24, 2.45) is 22.7 Å². The molecule has 2 heterocycles. The summed E-state index contributed by atoms with van der Waals surface area (Å²) in [6, 6.07) is 20.7. The number of allylic oxidation sites excluding steroid dienone is 2. The average molecular weight is 881 g/mol. The molecule has 1 N–H and O–H groups in total. The molecule has 1 radical (unpaired) electrons. The SMILES string of the molecule is CC(C)(C)Cc1ccc2c(c1)sc1c(-c3[c-]c4cc(C#N)ccc4c(CC(C)(C)C)c3)ncnc12.CCC(CC)C(=O)/C=C(\O)C(CC)CC.[Ir]. The Morgan fingerprint density at radius 2 is 1.51 bits per heavy atom. The van der Waals surface area contributed by atoms with Crippen molar-refractivity contribution in [1.82, 2.24) is 9.97 Å². The molecule has 51 heavy (non-hydrogen) atoms. The van der Waals surface area contributed by atoms with Crippen LogP contribution in [0.1, 0.15) is 112 Å². The van der Waals surface area contributed by atoms with Gasteiger partial charge < -0.3 is 5.11 Å². The molecule has 5 aromatic rings. The summed E-state index contributed by atoms with van der Waals surface area (Å²) in [6.07, 6.45) is 8.53. The third-order valence-electron chi connectivity index (χ3n) is 9.19. The van der Waals surface area contributed by atoms with Crippen molar-refractivity contribution >= 4 is 48.2 Å². The van der Waals surface area contributed by atoms with E-state index < -0.39 is 0 Å². The molecule has 2 aromatic heterocycles. The van der Waals surface area contributed by atoms with Gasteiger partial charge in [-0.1, -0.05) is 104 Å². The van der Waals surface area contributed by atoms with Crippen LogP contribution in [-0.4, -0.2) is 20.9 Å². The molecular formula is C44H54IrN3O2S-. The van der Waals surface area contributed by atoms with Crippen LogP contribution in [0.25, 0.3) is 42.3 Å². The molecule has 0 amide bonds. The number of rotatable bonds is 10. The first kappa shape index (κ1) is 42.0. The first-order valence-corrected chi connectivity index (χ1v) is 18.9. The minimum absolute atomic E-state index is 0. The molecule has 0 bridgehead atoms. The van der Waals surface area contributed by atoms with Gasteiger partial charge in [-0.2, -0.15) is 5.26 Å². The van der Waals surface area contributed by atoms with E-state index in [1.807, 2.05) is 39.8 Å². The van der Waals surface area contributed by atoms with Gasteiger partial charge in [0, 0.05) is 64.1 Å². The zero-order valence-corrected chi connectivity index (χ0v) is 35.2. The fraction of sp³-hybridized carbons (Fsp3) is 0.455. The van der Waals surface area contributed by atoms with Gasteiger partial charge in [-0.15, -0.1) is 40.5 Å². The number of aliphatic hydroxyl groups excluding tert-OH is 1. The van der Waals surface area contributed by atoms with Crippen LogP contribution in [-0.2, 0) is 37.7 Å². The largest absolute Gasteiger partial charge is 0.512 e. The van der Waals surface area contributed by atoms with E-state index in [4.69, 9.17) is 4.98 Å². The van der Waals surface area contributed by atoms with Gasteiger partial charge in [-0.3, -0.25) is 9.78 Å². The van der Waals surface area contributed by atoms with Crippen molar-refractivity contribution in [2.45, 2.75) is 108 Å². The van der Waals surface area contributed by atoms with Gasteiger partial charge in [0.05, 0.1) is 17.3 Å². The minimum Gasteiger partial charge on any atom is -0.512 e. The summed E-state index contributed by atoms with van der Waals surface area (Å²) in [4.78, 5) is 21.1. The second-order valence-corrected chi connectivity index (χ2v) is 16.9. The van der Waals surface area contributed by atoms with Crippen molar-refractivity contribution < 1.29 is 30.0 Å². The van der Waals surface area contributed by atoms with E-state index in [9.17, 15) is 15.2 Å². The molecule has 5 rings (SSSR count). The van der Waals surface area contributed by atoms with Gasteiger partial charge in [0.25, 0.3) is 0 Å². The third kappa shape index (κ3) is 10.8.